The summed E-state index contributed by atoms with van der Waals surface area (Å²) in [5.74, 6) is 1.56. The number of nitrogens with zero attached hydrogens (tertiary/aromatic N) is 2. The summed E-state index contributed by atoms with van der Waals surface area (Å²) < 4.78 is 0. The van der Waals surface area contributed by atoms with Gasteiger partial charge < -0.3 is 10.6 Å². The molecule has 3 rings (SSSR count). The standard InChI is InChI=1S/C15H14N4/c1-16-14-9-15(18-10-17-14)19-13-7-6-11-4-2-3-5-12(11)8-13/h2-10H,1H3,(H2,16,17,18,19). The fourth-order valence-electron chi connectivity index (χ4n) is 1.98. The Morgan fingerprint density at radius 1 is 0.842 bits per heavy atom. The van der Waals surface area contributed by atoms with Gasteiger partial charge in [-0.15, -0.1) is 0 Å². The molecule has 2 N–H and O–H groups in total. The SMILES string of the molecule is CNc1cc(Nc2ccc3ccccc3c2)ncn1. The van der Waals surface area contributed by atoms with Gasteiger partial charge in [-0.25, -0.2) is 9.97 Å². The second-order valence-corrected chi connectivity index (χ2v) is 4.23. The van der Waals surface area contributed by atoms with E-state index < -0.39 is 0 Å². The normalized spacial score (nSPS) is 10.4. The Labute approximate surface area is 111 Å². The van der Waals surface area contributed by atoms with E-state index in [4.69, 9.17) is 0 Å². The Balaban J connectivity index is 1.92. The largest absolute Gasteiger partial charge is 0.373 e. The number of aromatic nitrogens is 2. The number of benzene rings is 2. The summed E-state index contributed by atoms with van der Waals surface area (Å²) in [6, 6.07) is 16.4. The van der Waals surface area contributed by atoms with Crippen molar-refractivity contribution in [3.63, 3.8) is 0 Å². The number of fused-ring (bicyclic) bond motifs is 1. The second kappa shape index (κ2) is 4.94. The molecule has 19 heavy (non-hydrogen) atoms. The number of anilines is 3. The topological polar surface area (TPSA) is 49.8 Å². The lowest BCUT2D eigenvalue weighted by molar-refractivity contribution is 1.16. The molecule has 0 unspecified atom stereocenters. The van der Waals surface area contributed by atoms with Crippen LogP contribution in [0.25, 0.3) is 10.8 Å². The molecule has 0 radical (unpaired) electrons. The van der Waals surface area contributed by atoms with E-state index >= 15 is 0 Å². The predicted molar refractivity (Wildman–Crippen MR) is 78.8 cm³/mol. The van der Waals surface area contributed by atoms with Crippen LogP contribution in [0.1, 0.15) is 0 Å². The molecule has 0 amide bonds. The minimum atomic E-state index is 0.773. The van der Waals surface area contributed by atoms with Crippen molar-refractivity contribution >= 4 is 28.1 Å². The highest BCUT2D eigenvalue weighted by Crippen LogP contribution is 2.21. The van der Waals surface area contributed by atoms with Crippen LogP contribution in [0.3, 0.4) is 0 Å². The highest BCUT2D eigenvalue weighted by atomic mass is 15.1. The van der Waals surface area contributed by atoms with Gasteiger partial charge in [-0.05, 0) is 22.9 Å². The zero-order valence-electron chi connectivity index (χ0n) is 10.6. The highest BCUT2D eigenvalue weighted by molar-refractivity contribution is 5.86. The van der Waals surface area contributed by atoms with Gasteiger partial charge in [-0.3, -0.25) is 0 Å². The van der Waals surface area contributed by atoms with Gasteiger partial charge in [0.25, 0.3) is 0 Å². The molecular formula is C15H14N4. The Hall–Kier alpha value is -2.62. The molecule has 1 aromatic heterocycles. The average Bonchev–Trinajstić information content (AvgIpc) is 2.47. The molecule has 0 aliphatic heterocycles. The molecule has 0 saturated carbocycles. The van der Waals surface area contributed by atoms with E-state index in [1.54, 1.807) is 0 Å². The summed E-state index contributed by atoms with van der Waals surface area (Å²) in [5, 5.41) is 8.70. The van der Waals surface area contributed by atoms with Crippen molar-refractivity contribution in [3.8, 4) is 0 Å². The van der Waals surface area contributed by atoms with Gasteiger partial charge in [0.1, 0.15) is 18.0 Å². The van der Waals surface area contributed by atoms with Gasteiger partial charge in [0.15, 0.2) is 0 Å². The minimum Gasteiger partial charge on any atom is -0.373 e. The quantitative estimate of drug-likeness (QED) is 0.748. The predicted octanol–water partition coefficient (Wildman–Crippen LogP) is 3.42. The Morgan fingerprint density at radius 2 is 1.63 bits per heavy atom. The van der Waals surface area contributed by atoms with Gasteiger partial charge in [-0.2, -0.15) is 0 Å². The van der Waals surface area contributed by atoms with E-state index in [0.29, 0.717) is 0 Å². The van der Waals surface area contributed by atoms with Crippen molar-refractivity contribution in [1.82, 2.24) is 9.97 Å². The summed E-state index contributed by atoms with van der Waals surface area (Å²) in [5.41, 5.74) is 1.01. The molecule has 1 heterocycles. The van der Waals surface area contributed by atoms with Crippen molar-refractivity contribution in [2.75, 3.05) is 17.7 Å². The minimum absolute atomic E-state index is 0.773. The maximum atomic E-state index is 4.20. The summed E-state index contributed by atoms with van der Waals surface area (Å²) in [7, 11) is 1.84. The van der Waals surface area contributed by atoms with Crippen LogP contribution in [0.4, 0.5) is 17.3 Å². The van der Waals surface area contributed by atoms with Crippen LogP contribution in [0.2, 0.25) is 0 Å². The monoisotopic (exact) mass is 250 g/mol. The molecule has 4 heteroatoms. The molecule has 0 atom stereocenters. The first-order chi connectivity index (χ1) is 9.35. The smallest absolute Gasteiger partial charge is 0.135 e. The van der Waals surface area contributed by atoms with Crippen molar-refractivity contribution in [3.05, 3.63) is 54.9 Å². The third-order valence-electron chi connectivity index (χ3n) is 2.95. The number of rotatable bonds is 3. The summed E-state index contributed by atoms with van der Waals surface area (Å²) in [4.78, 5) is 8.29. The number of nitrogens with one attached hydrogen (secondary N) is 2. The van der Waals surface area contributed by atoms with Crippen LogP contribution in [0.5, 0.6) is 0 Å². The molecule has 0 aliphatic carbocycles. The lowest BCUT2D eigenvalue weighted by Crippen LogP contribution is -1.97. The van der Waals surface area contributed by atoms with Crippen LogP contribution >= 0.6 is 0 Å². The van der Waals surface area contributed by atoms with Gasteiger partial charge in [0.05, 0.1) is 0 Å². The highest BCUT2D eigenvalue weighted by Gasteiger charge is 1.99. The molecule has 0 spiro atoms. The van der Waals surface area contributed by atoms with E-state index in [1.165, 1.54) is 17.1 Å². The second-order valence-electron chi connectivity index (χ2n) is 4.23. The van der Waals surface area contributed by atoms with Crippen molar-refractivity contribution in [2.24, 2.45) is 0 Å². The molecule has 2 aromatic carbocycles. The van der Waals surface area contributed by atoms with Crippen LogP contribution in [-0.2, 0) is 0 Å². The summed E-state index contributed by atoms with van der Waals surface area (Å²) in [6.45, 7) is 0. The fraction of sp³-hybridized carbons (Fsp3) is 0.0667. The van der Waals surface area contributed by atoms with E-state index in [9.17, 15) is 0 Å². The molecule has 0 saturated heterocycles. The summed E-state index contributed by atoms with van der Waals surface area (Å²) >= 11 is 0. The third-order valence-corrected chi connectivity index (χ3v) is 2.95. The molecule has 0 bridgehead atoms. The first kappa shape index (κ1) is 11.5. The Bertz CT molecular complexity index is 709. The van der Waals surface area contributed by atoms with Crippen molar-refractivity contribution in [1.29, 1.82) is 0 Å². The lowest BCUT2D eigenvalue weighted by Gasteiger charge is -2.07. The molecule has 4 nitrogen and oxygen atoms in total. The maximum absolute atomic E-state index is 4.20. The van der Waals surface area contributed by atoms with Crippen LogP contribution in [-0.4, -0.2) is 17.0 Å². The van der Waals surface area contributed by atoms with E-state index in [-0.39, 0.29) is 0 Å². The first-order valence-corrected chi connectivity index (χ1v) is 6.11. The van der Waals surface area contributed by atoms with Crippen molar-refractivity contribution < 1.29 is 0 Å². The van der Waals surface area contributed by atoms with E-state index in [1.807, 2.05) is 31.3 Å². The van der Waals surface area contributed by atoms with Gasteiger partial charge in [0, 0.05) is 18.8 Å². The van der Waals surface area contributed by atoms with Crippen LogP contribution in [0.15, 0.2) is 54.9 Å². The van der Waals surface area contributed by atoms with Crippen LogP contribution in [0, 0.1) is 0 Å². The molecular weight excluding hydrogens is 236 g/mol. The molecule has 0 aliphatic rings. The summed E-state index contributed by atoms with van der Waals surface area (Å²) in [6.07, 6.45) is 1.54. The zero-order valence-corrected chi connectivity index (χ0v) is 10.6. The van der Waals surface area contributed by atoms with Crippen molar-refractivity contribution in [2.45, 2.75) is 0 Å². The Morgan fingerprint density at radius 3 is 2.47 bits per heavy atom. The van der Waals surface area contributed by atoms with Gasteiger partial charge in [0.2, 0.25) is 0 Å². The van der Waals surface area contributed by atoms with E-state index in [0.717, 1.165) is 17.3 Å². The average molecular weight is 250 g/mol. The lowest BCUT2D eigenvalue weighted by atomic mass is 10.1. The zero-order chi connectivity index (χ0) is 13.1. The first-order valence-electron chi connectivity index (χ1n) is 6.11. The van der Waals surface area contributed by atoms with Crippen LogP contribution < -0.4 is 10.6 Å². The van der Waals surface area contributed by atoms with Gasteiger partial charge >= 0.3 is 0 Å². The molecule has 94 valence electrons. The molecule has 3 aromatic rings. The fourth-order valence-corrected chi connectivity index (χ4v) is 1.98. The number of hydrogen-bond donors (Lipinski definition) is 2. The number of hydrogen-bond acceptors (Lipinski definition) is 4. The van der Waals surface area contributed by atoms with E-state index in [2.05, 4.69) is 44.9 Å². The maximum Gasteiger partial charge on any atom is 0.135 e. The van der Waals surface area contributed by atoms with Gasteiger partial charge in [-0.1, -0.05) is 30.3 Å². The Kier molecular flexibility index (Phi) is 2.98. The molecule has 0 fully saturated rings. The third kappa shape index (κ3) is 2.47.